The highest BCUT2D eigenvalue weighted by atomic mass is 35.5. The van der Waals surface area contributed by atoms with Crippen LogP contribution in [0.25, 0.3) is 0 Å². The van der Waals surface area contributed by atoms with Crippen LogP contribution in [0.15, 0.2) is 71.6 Å². The van der Waals surface area contributed by atoms with Crippen LogP contribution in [0.5, 0.6) is 0 Å². The van der Waals surface area contributed by atoms with E-state index < -0.39 is 22.5 Å². The van der Waals surface area contributed by atoms with Gasteiger partial charge in [-0.15, -0.1) is 0 Å². The lowest BCUT2D eigenvalue weighted by atomic mass is 10.0. The number of ketones is 1. The van der Waals surface area contributed by atoms with Crippen molar-refractivity contribution in [2.45, 2.75) is 24.7 Å². The number of carboxylic acid groups (broad SMARTS) is 1. The second kappa shape index (κ2) is 12.1. The Balaban J connectivity index is 1.88. The Morgan fingerprint density at radius 3 is 2.26 bits per heavy atom. The zero-order chi connectivity index (χ0) is 28.0. The van der Waals surface area contributed by atoms with Gasteiger partial charge < -0.3 is 15.3 Å². The van der Waals surface area contributed by atoms with Crippen LogP contribution in [0.4, 0.5) is 16.2 Å². The number of amides is 2. The summed E-state index contributed by atoms with van der Waals surface area (Å²) < 4.78 is 28.5. The minimum atomic E-state index is -4.20. The highest BCUT2D eigenvalue weighted by Gasteiger charge is 2.28. The quantitative estimate of drug-likeness (QED) is 0.368. The summed E-state index contributed by atoms with van der Waals surface area (Å²) >= 11 is 6.27. The molecule has 11 heteroatoms. The fourth-order valence-corrected chi connectivity index (χ4v) is 5.30. The van der Waals surface area contributed by atoms with Gasteiger partial charge in [-0.1, -0.05) is 29.8 Å². The van der Waals surface area contributed by atoms with Crippen molar-refractivity contribution >= 4 is 50.8 Å². The summed E-state index contributed by atoms with van der Waals surface area (Å²) in [5.74, 6) is -1.43. The summed E-state index contributed by atoms with van der Waals surface area (Å²) in [4.78, 5) is 37.4. The Morgan fingerprint density at radius 1 is 0.974 bits per heavy atom. The molecule has 0 saturated heterocycles. The molecule has 0 fully saturated rings. The molecule has 9 nitrogen and oxygen atoms in total. The second-order valence-corrected chi connectivity index (χ2v) is 11.1. The summed E-state index contributed by atoms with van der Waals surface area (Å²) in [6.45, 7) is 1.23. The second-order valence-electron chi connectivity index (χ2n) is 8.79. The number of nitrogens with one attached hydrogen (secondary N) is 1. The summed E-state index contributed by atoms with van der Waals surface area (Å²) in [6, 6.07) is 16.4. The minimum Gasteiger partial charge on any atom is -0.478 e. The largest absolute Gasteiger partial charge is 0.478 e. The number of nitrogens with zero attached hydrogens (tertiary/aromatic N) is 2. The number of Topliss-reactive ketones (excluding diaryl/α,β-unsaturated/α-hetero) is 1. The van der Waals surface area contributed by atoms with Crippen LogP contribution in [0, 0.1) is 6.92 Å². The van der Waals surface area contributed by atoms with E-state index in [-0.39, 0.29) is 40.8 Å². The summed E-state index contributed by atoms with van der Waals surface area (Å²) in [6.07, 6.45) is 0.257. The number of benzene rings is 3. The van der Waals surface area contributed by atoms with Gasteiger partial charge in [0.15, 0.2) is 5.78 Å². The molecular formula is C27H28ClN3O6S. The van der Waals surface area contributed by atoms with Gasteiger partial charge in [-0.3, -0.25) is 9.10 Å². The van der Waals surface area contributed by atoms with Crippen LogP contribution in [-0.2, 0) is 21.2 Å². The topological polar surface area (TPSA) is 124 Å². The predicted octanol–water partition coefficient (Wildman–Crippen LogP) is 4.84. The number of carboxylic acids is 1. The first-order chi connectivity index (χ1) is 17.9. The molecule has 200 valence electrons. The summed E-state index contributed by atoms with van der Waals surface area (Å²) in [5, 5.41) is 12.2. The molecule has 0 aromatic heterocycles. The molecule has 0 radical (unpaired) electrons. The number of sulfonamides is 1. The van der Waals surface area contributed by atoms with Gasteiger partial charge in [0.25, 0.3) is 10.0 Å². The number of anilines is 2. The number of halogens is 1. The Morgan fingerprint density at radius 2 is 1.63 bits per heavy atom. The van der Waals surface area contributed by atoms with Gasteiger partial charge in [-0.2, -0.15) is 0 Å². The molecule has 0 saturated carbocycles. The zero-order valence-corrected chi connectivity index (χ0v) is 22.7. The molecule has 0 aliphatic heterocycles. The third-order valence-electron chi connectivity index (χ3n) is 5.79. The van der Waals surface area contributed by atoms with E-state index in [0.717, 1.165) is 4.31 Å². The molecule has 2 N–H and O–H groups in total. The number of carbonyl (C=O) groups is 3. The van der Waals surface area contributed by atoms with E-state index in [2.05, 4.69) is 5.32 Å². The fourth-order valence-electron chi connectivity index (χ4n) is 3.62. The van der Waals surface area contributed by atoms with E-state index >= 15 is 0 Å². The van der Waals surface area contributed by atoms with Gasteiger partial charge in [0.2, 0.25) is 0 Å². The Hall–Kier alpha value is -3.89. The average molecular weight is 558 g/mol. The van der Waals surface area contributed by atoms with Crippen molar-refractivity contribution in [2.75, 3.05) is 30.3 Å². The van der Waals surface area contributed by atoms with Crippen molar-refractivity contribution in [3.8, 4) is 0 Å². The van der Waals surface area contributed by atoms with Crippen molar-refractivity contribution < 1.29 is 27.9 Å². The Bertz CT molecular complexity index is 1460. The van der Waals surface area contributed by atoms with E-state index in [1.807, 2.05) is 0 Å². The number of aromatic carboxylic acids is 1. The highest BCUT2D eigenvalue weighted by molar-refractivity contribution is 7.92. The molecule has 2 amide bonds. The van der Waals surface area contributed by atoms with E-state index in [4.69, 9.17) is 11.6 Å². The average Bonchev–Trinajstić information content (AvgIpc) is 2.88. The SMILES string of the molecule is Cc1c(Cl)cccc1N(CC(=O)CCc1cccc(C(=O)O)c1)S(=O)(=O)c1ccc(NC(=O)N(C)C)cc1. The predicted molar refractivity (Wildman–Crippen MR) is 147 cm³/mol. The fraction of sp³-hybridized carbons (Fsp3) is 0.222. The smallest absolute Gasteiger partial charge is 0.335 e. The van der Waals surface area contributed by atoms with E-state index in [9.17, 15) is 27.9 Å². The number of hydrogen-bond donors (Lipinski definition) is 2. The maximum absolute atomic E-state index is 13.7. The molecule has 0 spiro atoms. The number of rotatable bonds is 10. The van der Waals surface area contributed by atoms with Gasteiger partial charge >= 0.3 is 12.0 Å². The van der Waals surface area contributed by atoms with Gasteiger partial charge in [-0.25, -0.2) is 18.0 Å². The monoisotopic (exact) mass is 557 g/mol. The van der Waals surface area contributed by atoms with Crippen LogP contribution in [-0.4, -0.2) is 56.8 Å². The first-order valence-corrected chi connectivity index (χ1v) is 13.4. The first-order valence-electron chi connectivity index (χ1n) is 11.6. The van der Waals surface area contributed by atoms with Crippen molar-refractivity contribution in [1.82, 2.24) is 4.90 Å². The van der Waals surface area contributed by atoms with Crippen LogP contribution in [0.3, 0.4) is 0 Å². The molecule has 0 bridgehead atoms. The van der Waals surface area contributed by atoms with E-state index in [1.54, 1.807) is 51.4 Å². The summed E-state index contributed by atoms with van der Waals surface area (Å²) in [7, 11) is -1.03. The molecule has 3 aromatic rings. The van der Waals surface area contributed by atoms with Crippen LogP contribution in [0.1, 0.15) is 27.9 Å². The van der Waals surface area contributed by atoms with Gasteiger partial charge in [-0.05, 0) is 73.0 Å². The number of carbonyl (C=O) groups excluding carboxylic acids is 2. The van der Waals surface area contributed by atoms with Gasteiger partial charge in [0, 0.05) is 31.2 Å². The van der Waals surface area contributed by atoms with Crippen molar-refractivity contribution in [1.29, 1.82) is 0 Å². The lowest BCUT2D eigenvalue weighted by Gasteiger charge is -2.26. The maximum atomic E-state index is 13.7. The molecule has 38 heavy (non-hydrogen) atoms. The molecule has 0 heterocycles. The Kier molecular flexibility index (Phi) is 9.13. The third-order valence-corrected chi connectivity index (χ3v) is 7.98. The molecule has 0 aliphatic carbocycles. The number of aryl methyl sites for hydroxylation is 1. The normalized spacial score (nSPS) is 11.1. The summed E-state index contributed by atoms with van der Waals surface area (Å²) in [5.41, 5.74) is 1.94. The highest BCUT2D eigenvalue weighted by Crippen LogP contribution is 2.31. The van der Waals surface area contributed by atoms with Gasteiger partial charge in [0.05, 0.1) is 22.7 Å². The number of hydrogen-bond acceptors (Lipinski definition) is 5. The first kappa shape index (κ1) is 28.7. The molecule has 3 rings (SSSR count). The standard InChI is InChI=1S/C27H28ClN3O6S/c1-18-24(28)8-5-9-25(18)31(17-22(32)13-10-19-6-4-7-20(16-19)26(33)34)38(36,37)23-14-11-21(12-15-23)29-27(35)30(2)3/h4-9,11-12,14-16H,10,13,17H2,1-3H3,(H,29,35)(H,33,34). The number of urea groups is 1. The molecule has 3 aromatic carbocycles. The Labute approximate surface area is 226 Å². The van der Waals surface area contributed by atoms with E-state index in [0.29, 0.717) is 21.8 Å². The zero-order valence-electron chi connectivity index (χ0n) is 21.1. The third kappa shape index (κ3) is 6.90. The van der Waals surface area contributed by atoms with Crippen LogP contribution >= 0.6 is 11.6 Å². The lowest BCUT2D eigenvalue weighted by Crippen LogP contribution is -2.36. The molecule has 0 unspecified atom stereocenters. The van der Waals surface area contributed by atoms with Crippen molar-refractivity contribution in [3.63, 3.8) is 0 Å². The minimum absolute atomic E-state index is 0.00418. The lowest BCUT2D eigenvalue weighted by molar-refractivity contribution is -0.117. The molecule has 0 atom stereocenters. The van der Waals surface area contributed by atoms with Crippen molar-refractivity contribution in [2.24, 2.45) is 0 Å². The molecule has 0 aliphatic rings. The van der Waals surface area contributed by atoms with Crippen molar-refractivity contribution in [3.05, 3.63) is 88.4 Å². The maximum Gasteiger partial charge on any atom is 0.335 e. The van der Waals surface area contributed by atoms with Crippen LogP contribution in [0.2, 0.25) is 5.02 Å². The van der Waals surface area contributed by atoms with Crippen LogP contribution < -0.4 is 9.62 Å². The molecular weight excluding hydrogens is 530 g/mol. The van der Waals surface area contributed by atoms with E-state index in [1.165, 1.54) is 41.3 Å². The van der Waals surface area contributed by atoms with Gasteiger partial charge in [0.1, 0.15) is 0 Å².